The number of aliphatic carboxylic acids is 2. The molecule has 6 heteroatoms. The molecule has 0 atom stereocenters. The Bertz CT molecular complexity index is 1040. The van der Waals surface area contributed by atoms with Gasteiger partial charge in [-0.05, 0) is 81.6 Å². The third-order valence-electron chi connectivity index (χ3n) is 6.65. The summed E-state index contributed by atoms with van der Waals surface area (Å²) in [5.41, 5.74) is 5.46. The Morgan fingerprint density at radius 1 is 0.811 bits per heavy atom. The van der Waals surface area contributed by atoms with Crippen molar-refractivity contribution in [2.45, 2.75) is 44.9 Å². The Balaban J connectivity index is 0.000000414. The van der Waals surface area contributed by atoms with E-state index >= 15 is 0 Å². The number of rotatable bonds is 10. The highest BCUT2D eigenvalue weighted by Crippen LogP contribution is 2.29. The molecule has 0 amide bonds. The molecule has 1 aliphatic rings. The number of likely N-dealkylation sites (tertiary alicyclic amines) is 1. The summed E-state index contributed by atoms with van der Waals surface area (Å²) in [6.07, 6.45) is 3.15. The molecule has 37 heavy (non-hydrogen) atoms. The lowest BCUT2D eigenvalue weighted by atomic mass is 9.88. The minimum Gasteiger partial charge on any atom is -0.481 e. The van der Waals surface area contributed by atoms with Crippen molar-refractivity contribution in [3.63, 3.8) is 0 Å². The molecular formula is C31H38N2O4. The van der Waals surface area contributed by atoms with Crippen molar-refractivity contribution in [3.8, 4) is 0 Å². The van der Waals surface area contributed by atoms with E-state index in [0.29, 0.717) is 0 Å². The second kappa shape index (κ2) is 14.8. The monoisotopic (exact) mass is 502 g/mol. The van der Waals surface area contributed by atoms with Gasteiger partial charge in [-0.15, -0.1) is 0 Å². The molecule has 0 bridgehead atoms. The summed E-state index contributed by atoms with van der Waals surface area (Å²) in [7, 11) is 0. The van der Waals surface area contributed by atoms with Gasteiger partial charge >= 0.3 is 11.9 Å². The van der Waals surface area contributed by atoms with Crippen LogP contribution in [0.4, 0.5) is 11.4 Å². The van der Waals surface area contributed by atoms with Gasteiger partial charge < -0.3 is 20.0 Å². The van der Waals surface area contributed by atoms with Gasteiger partial charge in [-0.1, -0.05) is 66.2 Å². The molecule has 4 rings (SSSR count). The van der Waals surface area contributed by atoms with Gasteiger partial charge in [-0.3, -0.25) is 9.59 Å². The van der Waals surface area contributed by atoms with Crippen LogP contribution >= 0.6 is 0 Å². The van der Waals surface area contributed by atoms with E-state index in [9.17, 15) is 9.59 Å². The van der Waals surface area contributed by atoms with E-state index in [2.05, 4.69) is 102 Å². The summed E-state index contributed by atoms with van der Waals surface area (Å²) in [6.45, 7) is 6.86. The Morgan fingerprint density at radius 2 is 1.35 bits per heavy atom. The number of piperidine rings is 1. The maximum atomic E-state index is 9.64. The molecule has 2 N–H and O–H groups in total. The van der Waals surface area contributed by atoms with E-state index in [4.69, 9.17) is 10.2 Å². The number of hydrogen-bond donors (Lipinski definition) is 2. The fourth-order valence-corrected chi connectivity index (χ4v) is 4.70. The summed E-state index contributed by atoms with van der Waals surface area (Å²) in [4.78, 5) is 24.4. The van der Waals surface area contributed by atoms with Gasteiger partial charge in [0.05, 0.1) is 12.8 Å². The number of carboxylic acid groups (broad SMARTS) is 2. The first-order valence-electron chi connectivity index (χ1n) is 13.0. The molecule has 3 aromatic carbocycles. The highest BCUT2D eigenvalue weighted by molar-refractivity contribution is 5.75. The smallest absolute Gasteiger partial charge is 0.303 e. The number of para-hydroxylation sites is 2. The zero-order valence-corrected chi connectivity index (χ0v) is 21.6. The average Bonchev–Trinajstić information content (AvgIpc) is 2.92. The van der Waals surface area contributed by atoms with Crippen LogP contribution in [0, 0.1) is 6.92 Å². The van der Waals surface area contributed by atoms with Gasteiger partial charge in [0.25, 0.3) is 0 Å². The molecule has 0 aliphatic carbocycles. The Labute approximate surface area is 220 Å². The lowest BCUT2D eigenvalue weighted by Gasteiger charge is -2.33. The van der Waals surface area contributed by atoms with Gasteiger partial charge in [0.15, 0.2) is 0 Å². The highest BCUT2D eigenvalue weighted by Gasteiger charge is 2.20. The first kappa shape index (κ1) is 27.9. The van der Waals surface area contributed by atoms with E-state index in [1.165, 1.54) is 61.4 Å². The predicted molar refractivity (Wildman–Crippen MR) is 149 cm³/mol. The van der Waals surface area contributed by atoms with Crippen molar-refractivity contribution < 1.29 is 19.8 Å². The van der Waals surface area contributed by atoms with E-state index in [1.54, 1.807) is 0 Å². The molecular weight excluding hydrogens is 464 g/mol. The summed E-state index contributed by atoms with van der Waals surface area (Å²) in [5, 5.41) is 15.8. The number of aryl methyl sites for hydroxylation is 1. The van der Waals surface area contributed by atoms with Gasteiger partial charge in [0.2, 0.25) is 0 Å². The number of carboxylic acids is 2. The molecule has 6 nitrogen and oxygen atoms in total. The summed E-state index contributed by atoms with van der Waals surface area (Å²) in [5.74, 6) is -1.42. The largest absolute Gasteiger partial charge is 0.481 e. The number of benzene rings is 3. The highest BCUT2D eigenvalue weighted by atomic mass is 16.4. The summed E-state index contributed by atoms with van der Waals surface area (Å²) >= 11 is 0. The fourth-order valence-electron chi connectivity index (χ4n) is 4.70. The molecule has 1 saturated heterocycles. The first-order valence-corrected chi connectivity index (χ1v) is 13.0. The van der Waals surface area contributed by atoms with Crippen LogP contribution in [0.5, 0.6) is 0 Å². The second-order valence-corrected chi connectivity index (χ2v) is 9.49. The van der Waals surface area contributed by atoms with Gasteiger partial charge in [0.1, 0.15) is 0 Å². The quantitative estimate of drug-likeness (QED) is 0.337. The van der Waals surface area contributed by atoms with Crippen molar-refractivity contribution in [1.29, 1.82) is 0 Å². The Morgan fingerprint density at radius 3 is 1.84 bits per heavy atom. The van der Waals surface area contributed by atoms with Crippen LogP contribution in [-0.2, 0) is 9.59 Å². The zero-order valence-electron chi connectivity index (χ0n) is 21.6. The van der Waals surface area contributed by atoms with Crippen molar-refractivity contribution >= 4 is 23.3 Å². The van der Waals surface area contributed by atoms with Crippen LogP contribution in [0.25, 0.3) is 0 Å². The van der Waals surface area contributed by atoms with Crippen molar-refractivity contribution in [1.82, 2.24) is 4.90 Å². The van der Waals surface area contributed by atoms with Crippen molar-refractivity contribution in [2.24, 2.45) is 0 Å². The lowest BCUT2D eigenvalue weighted by Crippen LogP contribution is -2.35. The number of carbonyl (C=O) groups is 2. The maximum Gasteiger partial charge on any atom is 0.303 e. The number of nitrogens with zero attached hydrogens (tertiary/aromatic N) is 2. The molecule has 3 aromatic rings. The Kier molecular flexibility index (Phi) is 11.2. The predicted octanol–water partition coefficient (Wildman–Crippen LogP) is 6.34. The van der Waals surface area contributed by atoms with Gasteiger partial charge in [0, 0.05) is 17.9 Å². The molecule has 196 valence electrons. The normalized spacial score (nSPS) is 13.9. The molecule has 1 fully saturated rings. The molecule has 1 heterocycles. The maximum absolute atomic E-state index is 9.64. The summed E-state index contributed by atoms with van der Waals surface area (Å²) < 4.78 is 0. The SMILES string of the molecule is Cc1cccc(C2CCN(CCCN(c3ccccc3)c3ccccc3)CC2)c1.O=C(O)CCC(=O)O. The average molecular weight is 503 g/mol. The molecule has 1 aliphatic heterocycles. The van der Waals surface area contributed by atoms with Gasteiger partial charge in [-0.25, -0.2) is 0 Å². The topological polar surface area (TPSA) is 81.1 Å². The van der Waals surface area contributed by atoms with Crippen LogP contribution in [0.2, 0.25) is 0 Å². The van der Waals surface area contributed by atoms with Crippen LogP contribution in [-0.4, -0.2) is 53.2 Å². The first-order chi connectivity index (χ1) is 17.9. The van der Waals surface area contributed by atoms with Crippen LogP contribution in [0.15, 0.2) is 84.9 Å². The lowest BCUT2D eigenvalue weighted by molar-refractivity contribution is -0.143. The number of anilines is 2. The standard InChI is InChI=1S/C27H32N2.C4H6O4/c1-23-10-8-11-25(22-23)24-16-20-28(21-17-24)18-9-19-29(26-12-4-2-5-13-26)27-14-6-3-7-15-27;5-3(6)1-2-4(7)8/h2-8,10-15,22,24H,9,16-21H2,1H3;1-2H2,(H,5,6)(H,7,8). The Hall–Kier alpha value is -3.64. The molecule has 0 unspecified atom stereocenters. The minimum absolute atomic E-state index is 0.296. The minimum atomic E-state index is -1.08. The third kappa shape index (κ3) is 9.73. The van der Waals surface area contributed by atoms with Crippen molar-refractivity contribution in [3.05, 3.63) is 96.1 Å². The van der Waals surface area contributed by atoms with Gasteiger partial charge in [-0.2, -0.15) is 0 Å². The second-order valence-electron chi connectivity index (χ2n) is 9.49. The molecule has 0 radical (unpaired) electrons. The van der Waals surface area contributed by atoms with Crippen LogP contribution in [0.3, 0.4) is 0 Å². The third-order valence-corrected chi connectivity index (χ3v) is 6.65. The summed E-state index contributed by atoms with van der Waals surface area (Å²) in [6, 6.07) is 30.6. The number of hydrogen-bond acceptors (Lipinski definition) is 4. The zero-order chi connectivity index (χ0) is 26.5. The van der Waals surface area contributed by atoms with Crippen molar-refractivity contribution in [2.75, 3.05) is 31.1 Å². The molecule has 0 saturated carbocycles. The molecule has 0 aromatic heterocycles. The van der Waals surface area contributed by atoms with E-state index in [-0.39, 0.29) is 12.8 Å². The molecule has 0 spiro atoms. The van der Waals surface area contributed by atoms with E-state index in [0.717, 1.165) is 12.5 Å². The fraction of sp³-hybridized carbons (Fsp3) is 0.355. The van der Waals surface area contributed by atoms with E-state index < -0.39 is 11.9 Å². The van der Waals surface area contributed by atoms with Crippen LogP contribution in [0.1, 0.15) is 49.1 Å². The van der Waals surface area contributed by atoms with Crippen LogP contribution < -0.4 is 4.90 Å². The van der Waals surface area contributed by atoms with E-state index in [1.807, 2.05) is 0 Å².